The van der Waals surface area contributed by atoms with Gasteiger partial charge in [0.2, 0.25) is 0 Å². The van der Waals surface area contributed by atoms with Crippen molar-refractivity contribution >= 4 is 17.8 Å². The van der Waals surface area contributed by atoms with Crippen LogP contribution in [0.15, 0.2) is 54.6 Å². The molecule has 0 aromatic heterocycles. The monoisotopic (exact) mass is 378 g/mol. The molecule has 0 heterocycles. The summed E-state index contributed by atoms with van der Waals surface area (Å²) in [5.74, 6) is -2.23. The van der Waals surface area contributed by atoms with Crippen LogP contribution >= 0.6 is 0 Å². The molecule has 0 saturated heterocycles. The molecule has 0 spiro atoms. The van der Waals surface area contributed by atoms with Crippen molar-refractivity contribution < 1.29 is 32.6 Å². The third-order valence-electron chi connectivity index (χ3n) is 3.30. The lowest BCUT2D eigenvalue weighted by Crippen LogP contribution is -2.46. The van der Waals surface area contributed by atoms with Crippen molar-refractivity contribution in [1.29, 1.82) is 0 Å². The molecule has 2 aromatic rings. The Bertz CT molecular complexity index is 797. The highest BCUT2D eigenvalue weighted by atomic mass is 19.3. The minimum atomic E-state index is -2.97. The summed E-state index contributed by atoms with van der Waals surface area (Å²) in [6, 6.07) is 13.0. The SMILES string of the molecule is C[C@H](OC(=O)c1ccc(OC(F)F)cc1)C(=O)NNC(=O)c1ccccc1. The molecule has 0 bridgehead atoms. The number of rotatable bonds is 6. The van der Waals surface area contributed by atoms with Crippen LogP contribution < -0.4 is 15.6 Å². The van der Waals surface area contributed by atoms with Crippen LogP contribution in [-0.2, 0) is 9.53 Å². The second-order valence-electron chi connectivity index (χ2n) is 5.26. The van der Waals surface area contributed by atoms with Gasteiger partial charge in [0.15, 0.2) is 6.10 Å². The van der Waals surface area contributed by atoms with E-state index in [0.717, 1.165) is 0 Å². The minimum absolute atomic E-state index is 0.0459. The van der Waals surface area contributed by atoms with E-state index in [9.17, 15) is 23.2 Å². The molecule has 2 aromatic carbocycles. The molecule has 2 rings (SSSR count). The lowest BCUT2D eigenvalue weighted by atomic mass is 10.2. The van der Waals surface area contributed by atoms with Crippen LogP contribution in [0.3, 0.4) is 0 Å². The maximum absolute atomic E-state index is 12.1. The lowest BCUT2D eigenvalue weighted by Gasteiger charge is -2.14. The number of nitrogens with one attached hydrogen (secondary N) is 2. The van der Waals surface area contributed by atoms with Gasteiger partial charge in [-0.1, -0.05) is 18.2 Å². The molecule has 7 nitrogen and oxygen atoms in total. The second-order valence-corrected chi connectivity index (χ2v) is 5.26. The number of hydrogen-bond acceptors (Lipinski definition) is 5. The summed E-state index contributed by atoms with van der Waals surface area (Å²) in [5.41, 5.74) is 4.74. The molecule has 27 heavy (non-hydrogen) atoms. The first-order chi connectivity index (χ1) is 12.9. The number of carbonyl (C=O) groups excluding carboxylic acids is 3. The van der Waals surface area contributed by atoms with Crippen LogP contribution in [0.2, 0.25) is 0 Å². The molecule has 142 valence electrons. The summed E-state index contributed by atoms with van der Waals surface area (Å²) in [6.07, 6.45) is -1.20. The van der Waals surface area contributed by atoms with Gasteiger partial charge in [0.1, 0.15) is 5.75 Å². The van der Waals surface area contributed by atoms with Crippen LogP contribution in [0.5, 0.6) is 5.75 Å². The number of hydrazine groups is 1. The van der Waals surface area contributed by atoms with E-state index in [0.29, 0.717) is 5.56 Å². The minimum Gasteiger partial charge on any atom is -0.449 e. The van der Waals surface area contributed by atoms with Crippen molar-refractivity contribution in [1.82, 2.24) is 10.9 Å². The Hall–Kier alpha value is -3.49. The molecule has 0 radical (unpaired) electrons. The van der Waals surface area contributed by atoms with Gasteiger partial charge in [-0.3, -0.25) is 20.4 Å². The summed E-state index contributed by atoms with van der Waals surface area (Å²) < 4.78 is 33.3. The van der Waals surface area contributed by atoms with Crippen LogP contribution in [0, 0.1) is 0 Å². The van der Waals surface area contributed by atoms with Gasteiger partial charge in [0, 0.05) is 5.56 Å². The fourth-order valence-corrected chi connectivity index (χ4v) is 1.94. The quantitative estimate of drug-likeness (QED) is 0.594. The maximum atomic E-state index is 12.1. The number of halogens is 2. The zero-order valence-corrected chi connectivity index (χ0v) is 14.1. The van der Waals surface area contributed by atoms with Gasteiger partial charge in [-0.25, -0.2) is 4.79 Å². The Kier molecular flexibility index (Phi) is 6.81. The highest BCUT2D eigenvalue weighted by molar-refractivity contribution is 5.96. The highest BCUT2D eigenvalue weighted by Gasteiger charge is 2.20. The topological polar surface area (TPSA) is 93.7 Å². The van der Waals surface area contributed by atoms with E-state index < -0.39 is 30.5 Å². The standard InChI is InChI=1S/C18H16F2N2O5/c1-11(15(23)21-22-16(24)12-5-3-2-4-6-12)26-17(25)13-7-9-14(10-8-13)27-18(19)20/h2-11,18H,1H3,(H,21,23)(H,22,24)/t11-/m0/s1. The van der Waals surface area contributed by atoms with Crippen molar-refractivity contribution in [2.45, 2.75) is 19.6 Å². The third-order valence-corrected chi connectivity index (χ3v) is 3.30. The largest absolute Gasteiger partial charge is 0.449 e. The normalized spacial score (nSPS) is 11.4. The molecule has 1 atom stereocenters. The van der Waals surface area contributed by atoms with E-state index in [1.165, 1.54) is 31.2 Å². The Morgan fingerprint density at radius 1 is 0.889 bits per heavy atom. The molecule has 0 aliphatic heterocycles. The van der Waals surface area contributed by atoms with E-state index in [1.807, 2.05) is 0 Å². The number of amides is 2. The zero-order chi connectivity index (χ0) is 19.8. The van der Waals surface area contributed by atoms with Crippen LogP contribution in [0.25, 0.3) is 0 Å². The number of benzene rings is 2. The summed E-state index contributed by atoms with van der Waals surface area (Å²) in [6.45, 7) is -1.66. The molecule has 9 heteroatoms. The smallest absolute Gasteiger partial charge is 0.387 e. The summed E-state index contributed by atoms with van der Waals surface area (Å²) in [4.78, 5) is 35.7. The number of esters is 1. The molecule has 0 fully saturated rings. The fourth-order valence-electron chi connectivity index (χ4n) is 1.94. The number of ether oxygens (including phenoxy) is 2. The third kappa shape index (κ3) is 6.07. The van der Waals surface area contributed by atoms with Crippen molar-refractivity contribution in [3.8, 4) is 5.75 Å². The number of carbonyl (C=O) groups is 3. The molecule has 0 saturated carbocycles. The Balaban J connectivity index is 1.84. The van der Waals surface area contributed by atoms with E-state index >= 15 is 0 Å². The Morgan fingerprint density at radius 3 is 2.11 bits per heavy atom. The Labute approximate surface area is 153 Å². The lowest BCUT2D eigenvalue weighted by molar-refractivity contribution is -0.129. The van der Waals surface area contributed by atoms with Gasteiger partial charge in [-0.15, -0.1) is 0 Å². The maximum Gasteiger partial charge on any atom is 0.387 e. The molecule has 0 aliphatic carbocycles. The fraction of sp³-hybridized carbons (Fsp3) is 0.167. The molecule has 2 N–H and O–H groups in total. The predicted molar refractivity (Wildman–Crippen MR) is 90.0 cm³/mol. The van der Waals surface area contributed by atoms with Crippen LogP contribution in [0.1, 0.15) is 27.6 Å². The van der Waals surface area contributed by atoms with Gasteiger partial charge in [-0.2, -0.15) is 8.78 Å². The molecular formula is C18H16F2N2O5. The molecule has 2 amide bonds. The van der Waals surface area contributed by atoms with E-state index in [2.05, 4.69) is 15.6 Å². The van der Waals surface area contributed by atoms with Gasteiger partial charge >= 0.3 is 12.6 Å². The number of hydrogen-bond donors (Lipinski definition) is 2. The van der Waals surface area contributed by atoms with E-state index in [4.69, 9.17) is 4.74 Å². The second kappa shape index (κ2) is 9.27. The highest BCUT2D eigenvalue weighted by Crippen LogP contribution is 2.15. The zero-order valence-electron chi connectivity index (χ0n) is 14.1. The van der Waals surface area contributed by atoms with E-state index in [-0.39, 0.29) is 11.3 Å². The first-order valence-electron chi connectivity index (χ1n) is 7.78. The average molecular weight is 378 g/mol. The average Bonchev–Trinajstić information content (AvgIpc) is 2.66. The Morgan fingerprint density at radius 2 is 1.52 bits per heavy atom. The summed E-state index contributed by atoms with van der Waals surface area (Å²) in [5, 5.41) is 0. The van der Waals surface area contributed by atoms with Gasteiger partial charge in [0.05, 0.1) is 5.56 Å². The van der Waals surface area contributed by atoms with Crippen molar-refractivity contribution in [2.75, 3.05) is 0 Å². The van der Waals surface area contributed by atoms with Crippen molar-refractivity contribution in [2.24, 2.45) is 0 Å². The molecule has 0 aliphatic rings. The van der Waals surface area contributed by atoms with E-state index in [1.54, 1.807) is 30.3 Å². The van der Waals surface area contributed by atoms with Gasteiger partial charge in [-0.05, 0) is 43.3 Å². The molecule has 0 unspecified atom stereocenters. The van der Waals surface area contributed by atoms with Gasteiger partial charge < -0.3 is 9.47 Å². The first-order valence-corrected chi connectivity index (χ1v) is 7.78. The summed E-state index contributed by atoms with van der Waals surface area (Å²) >= 11 is 0. The first kappa shape index (κ1) is 19.8. The van der Waals surface area contributed by atoms with Crippen LogP contribution in [-0.4, -0.2) is 30.5 Å². The van der Waals surface area contributed by atoms with Crippen molar-refractivity contribution in [3.63, 3.8) is 0 Å². The predicted octanol–water partition coefficient (Wildman–Crippen LogP) is 2.29. The summed E-state index contributed by atoms with van der Waals surface area (Å²) in [7, 11) is 0. The van der Waals surface area contributed by atoms with Crippen LogP contribution in [0.4, 0.5) is 8.78 Å². The number of alkyl halides is 2. The van der Waals surface area contributed by atoms with Gasteiger partial charge in [0.25, 0.3) is 11.8 Å². The van der Waals surface area contributed by atoms with Crippen molar-refractivity contribution in [3.05, 3.63) is 65.7 Å². The molecular weight excluding hydrogens is 362 g/mol.